The summed E-state index contributed by atoms with van der Waals surface area (Å²) in [5.41, 5.74) is 2.98. The van der Waals surface area contributed by atoms with E-state index in [4.69, 9.17) is 18.9 Å². The molecule has 134 valence electrons. The van der Waals surface area contributed by atoms with Crippen molar-refractivity contribution in [1.82, 2.24) is 0 Å². The van der Waals surface area contributed by atoms with Crippen LogP contribution in [-0.2, 0) is 6.61 Å². The van der Waals surface area contributed by atoms with Crippen LogP contribution in [0.3, 0.4) is 0 Å². The van der Waals surface area contributed by atoms with Crippen LogP contribution in [0.2, 0.25) is 0 Å². The second-order valence-corrected chi connectivity index (χ2v) is 6.00. The number of benzene rings is 2. The van der Waals surface area contributed by atoms with E-state index in [1.54, 1.807) is 27.4 Å². The minimum Gasteiger partial charge on any atom is -0.497 e. The lowest BCUT2D eigenvalue weighted by Gasteiger charge is -2.18. The quantitative estimate of drug-likeness (QED) is 0.672. The van der Waals surface area contributed by atoms with Gasteiger partial charge < -0.3 is 18.9 Å². The summed E-state index contributed by atoms with van der Waals surface area (Å²) in [5.74, 6) is 3.38. The van der Waals surface area contributed by atoms with E-state index >= 15 is 0 Å². The molecule has 0 heterocycles. The van der Waals surface area contributed by atoms with Gasteiger partial charge in [-0.3, -0.25) is 0 Å². The second kappa shape index (κ2) is 8.47. The summed E-state index contributed by atoms with van der Waals surface area (Å²) >= 11 is 0. The molecule has 0 N–H and O–H groups in total. The van der Waals surface area contributed by atoms with E-state index in [-0.39, 0.29) is 0 Å². The van der Waals surface area contributed by atoms with Gasteiger partial charge in [-0.15, -0.1) is 0 Å². The maximum Gasteiger partial charge on any atom is 0.126 e. The first-order chi connectivity index (χ1) is 12.0. The smallest absolute Gasteiger partial charge is 0.126 e. The molecule has 0 aliphatic carbocycles. The lowest BCUT2D eigenvalue weighted by molar-refractivity contribution is 0.301. The van der Waals surface area contributed by atoms with Crippen molar-refractivity contribution in [3.05, 3.63) is 53.6 Å². The van der Waals surface area contributed by atoms with Gasteiger partial charge in [0.05, 0.1) is 21.3 Å². The molecule has 2 aromatic carbocycles. The molecule has 0 unspecified atom stereocenters. The average molecular weight is 342 g/mol. The molecular weight excluding hydrogens is 316 g/mol. The lowest BCUT2D eigenvalue weighted by atomic mass is 9.99. The van der Waals surface area contributed by atoms with Crippen LogP contribution in [0.15, 0.2) is 36.9 Å². The topological polar surface area (TPSA) is 36.9 Å². The van der Waals surface area contributed by atoms with Crippen LogP contribution >= 0.6 is 0 Å². The van der Waals surface area contributed by atoms with Crippen LogP contribution < -0.4 is 18.9 Å². The van der Waals surface area contributed by atoms with Crippen molar-refractivity contribution in [2.24, 2.45) is 0 Å². The minimum absolute atomic E-state index is 0.299. The molecule has 0 aliphatic rings. The molecule has 0 saturated heterocycles. The molecule has 0 radical (unpaired) electrons. The Kier molecular flexibility index (Phi) is 6.34. The maximum absolute atomic E-state index is 5.94. The first-order valence-corrected chi connectivity index (χ1v) is 8.21. The highest BCUT2D eigenvalue weighted by atomic mass is 16.5. The summed E-state index contributed by atoms with van der Waals surface area (Å²) in [7, 11) is 4.97. The summed E-state index contributed by atoms with van der Waals surface area (Å²) in [6.07, 6.45) is 1.76. The number of hydrogen-bond donors (Lipinski definition) is 0. The Balaban J connectivity index is 2.28. The molecule has 2 rings (SSSR count). The zero-order valence-corrected chi connectivity index (χ0v) is 15.6. The van der Waals surface area contributed by atoms with Gasteiger partial charge in [0.25, 0.3) is 0 Å². The first kappa shape index (κ1) is 18.7. The van der Waals surface area contributed by atoms with Gasteiger partial charge in [0, 0.05) is 11.6 Å². The molecular formula is C21H26O4. The molecule has 0 saturated carbocycles. The predicted octanol–water partition coefficient (Wildman–Crippen LogP) is 5.06. The van der Waals surface area contributed by atoms with Crippen molar-refractivity contribution in [3.63, 3.8) is 0 Å². The molecule has 0 bridgehead atoms. The van der Waals surface area contributed by atoms with Gasteiger partial charge in [-0.1, -0.05) is 26.5 Å². The SMILES string of the molecule is C=Cc1cc(OC)cc(OCc2cc(OC)c(C(C)C)c(OC)c2)c1. The molecule has 0 atom stereocenters. The van der Waals surface area contributed by atoms with Crippen LogP contribution in [0.5, 0.6) is 23.0 Å². The Morgan fingerprint density at radius 2 is 1.48 bits per heavy atom. The third-order valence-electron chi connectivity index (χ3n) is 3.96. The normalized spacial score (nSPS) is 10.5. The minimum atomic E-state index is 0.299. The van der Waals surface area contributed by atoms with E-state index < -0.39 is 0 Å². The summed E-state index contributed by atoms with van der Waals surface area (Å²) in [4.78, 5) is 0. The van der Waals surface area contributed by atoms with Gasteiger partial charge in [0.1, 0.15) is 29.6 Å². The zero-order chi connectivity index (χ0) is 18.4. The Bertz CT molecular complexity index is 710. The fourth-order valence-electron chi connectivity index (χ4n) is 2.72. The van der Waals surface area contributed by atoms with Crippen molar-refractivity contribution >= 4 is 6.08 Å². The molecule has 0 amide bonds. The molecule has 2 aromatic rings. The monoisotopic (exact) mass is 342 g/mol. The highest BCUT2D eigenvalue weighted by Crippen LogP contribution is 2.36. The van der Waals surface area contributed by atoms with Crippen molar-refractivity contribution < 1.29 is 18.9 Å². The van der Waals surface area contributed by atoms with Gasteiger partial charge in [-0.2, -0.15) is 0 Å². The van der Waals surface area contributed by atoms with Crippen molar-refractivity contribution in [2.75, 3.05) is 21.3 Å². The van der Waals surface area contributed by atoms with Crippen molar-refractivity contribution in [2.45, 2.75) is 26.4 Å². The Hall–Kier alpha value is -2.62. The predicted molar refractivity (Wildman–Crippen MR) is 101 cm³/mol. The van der Waals surface area contributed by atoms with Crippen LogP contribution in [0.25, 0.3) is 6.08 Å². The highest BCUT2D eigenvalue weighted by molar-refractivity contribution is 5.54. The van der Waals surface area contributed by atoms with Gasteiger partial charge in [0.2, 0.25) is 0 Å². The first-order valence-electron chi connectivity index (χ1n) is 8.21. The van der Waals surface area contributed by atoms with E-state index in [2.05, 4.69) is 20.4 Å². The van der Waals surface area contributed by atoms with E-state index in [1.165, 1.54) is 0 Å². The Morgan fingerprint density at radius 1 is 0.880 bits per heavy atom. The third kappa shape index (κ3) is 4.47. The average Bonchev–Trinajstić information content (AvgIpc) is 2.64. The maximum atomic E-state index is 5.94. The van der Waals surface area contributed by atoms with Crippen LogP contribution in [0.1, 0.15) is 36.5 Å². The van der Waals surface area contributed by atoms with Crippen LogP contribution in [0.4, 0.5) is 0 Å². The second-order valence-electron chi connectivity index (χ2n) is 6.00. The van der Waals surface area contributed by atoms with Gasteiger partial charge in [0.15, 0.2) is 0 Å². The molecule has 0 aliphatic heterocycles. The molecule has 0 aromatic heterocycles. The molecule has 4 nitrogen and oxygen atoms in total. The zero-order valence-electron chi connectivity index (χ0n) is 15.6. The summed E-state index contributed by atoms with van der Waals surface area (Å²) in [5, 5.41) is 0. The van der Waals surface area contributed by atoms with E-state index in [0.717, 1.165) is 39.7 Å². The van der Waals surface area contributed by atoms with Gasteiger partial charge in [-0.25, -0.2) is 0 Å². The standard InChI is InChI=1S/C21H26O4/c1-7-15-8-17(22-4)12-18(9-15)25-13-16-10-19(23-5)21(14(2)3)20(11-16)24-6/h7-12,14H,1,13H2,2-6H3. The lowest BCUT2D eigenvalue weighted by Crippen LogP contribution is -2.03. The number of rotatable bonds is 8. The summed E-state index contributed by atoms with van der Waals surface area (Å²) in [6.45, 7) is 8.42. The summed E-state index contributed by atoms with van der Waals surface area (Å²) in [6, 6.07) is 9.67. The highest BCUT2D eigenvalue weighted by Gasteiger charge is 2.16. The fourth-order valence-corrected chi connectivity index (χ4v) is 2.72. The fraction of sp³-hybridized carbons (Fsp3) is 0.333. The molecule has 4 heteroatoms. The number of methoxy groups -OCH3 is 3. The van der Waals surface area contributed by atoms with Crippen LogP contribution in [-0.4, -0.2) is 21.3 Å². The van der Waals surface area contributed by atoms with Gasteiger partial charge in [-0.05, 0) is 41.3 Å². The van der Waals surface area contributed by atoms with Crippen molar-refractivity contribution in [1.29, 1.82) is 0 Å². The largest absolute Gasteiger partial charge is 0.497 e. The van der Waals surface area contributed by atoms with Gasteiger partial charge >= 0.3 is 0 Å². The molecule has 0 spiro atoms. The van der Waals surface area contributed by atoms with Crippen LogP contribution in [0, 0.1) is 0 Å². The molecule has 25 heavy (non-hydrogen) atoms. The molecule has 0 fully saturated rings. The third-order valence-corrected chi connectivity index (χ3v) is 3.96. The Morgan fingerprint density at radius 3 is 1.96 bits per heavy atom. The Labute approximate surface area is 150 Å². The van der Waals surface area contributed by atoms with E-state index in [0.29, 0.717) is 12.5 Å². The number of ether oxygens (including phenoxy) is 4. The summed E-state index contributed by atoms with van der Waals surface area (Å²) < 4.78 is 22.3. The van der Waals surface area contributed by atoms with E-state index in [9.17, 15) is 0 Å². The number of hydrogen-bond acceptors (Lipinski definition) is 4. The van der Waals surface area contributed by atoms with E-state index in [1.807, 2.05) is 30.3 Å². The van der Waals surface area contributed by atoms with Crippen molar-refractivity contribution in [3.8, 4) is 23.0 Å².